The molecule has 0 fully saturated rings. The van der Waals surface area contributed by atoms with Crippen molar-refractivity contribution in [2.45, 2.75) is 37.2 Å². The van der Waals surface area contributed by atoms with E-state index in [1.165, 1.54) is 18.6 Å². The van der Waals surface area contributed by atoms with Crippen LogP contribution in [0.1, 0.15) is 39.1 Å². The molecule has 0 spiro atoms. The zero-order valence-electron chi connectivity index (χ0n) is 17.4. The summed E-state index contributed by atoms with van der Waals surface area (Å²) in [5, 5.41) is 0. The van der Waals surface area contributed by atoms with Gasteiger partial charge >= 0.3 is 0 Å². The van der Waals surface area contributed by atoms with Crippen LogP contribution >= 0.6 is 0 Å². The summed E-state index contributed by atoms with van der Waals surface area (Å²) in [6.07, 6.45) is 4.58. The molecule has 0 saturated carbocycles. The molecule has 164 valence electrons. The van der Waals surface area contributed by atoms with Gasteiger partial charge < -0.3 is 14.8 Å². The summed E-state index contributed by atoms with van der Waals surface area (Å²) in [5.41, 5.74) is 8.49. The SMILES string of the molecule is CC(C)(c1ncccc1-c1ncc(-c2cccnc2C(C)(C)S(=O)O)c(N)n1)S(=O)O. The fourth-order valence-corrected chi connectivity index (χ4v) is 3.72. The minimum Gasteiger partial charge on any atom is -0.383 e. The molecule has 0 aromatic carbocycles. The lowest BCUT2D eigenvalue weighted by molar-refractivity contribution is 0.518. The van der Waals surface area contributed by atoms with E-state index in [4.69, 9.17) is 5.73 Å². The van der Waals surface area contributed by atoms with E-state index < -0.39 is 31.7 Å². The lowest BCUT2D eigenvalue weighted by atomic mass is 9.98. The summed E-state index contributed by atoms with van der Waals surface area (Å²) < 4.78 is 40.9. The van der Waals surface area contributed by atoms with E-state index in [1.807, 2.05) is 0 Å². The van der Waals surface area contributed by atoms with Gasteiger partial charge in [-0.2, -0.15) is 0 Å². The van der Waals surface area contributed by atoms with Gasteiger partial charge in [0.15, 0.2) is 28.0 Å². The maximum Gasteiger partial charge on any atom is 0.164 e. The molecular weight excluding hydrogens is 438 g/mol. The molecule has 2 unspecified atom stereocenters. The van der Waals surface area contributed by atoms with Gasteiger partial charge in [-0.3, -0.25) is 9.97 Å². The molecule has 3 rings (SSSR count). The van der Waals surface area contributed by atoms with Crippen LogP contribution in [0.5, 0.6) is 0 Å². The van der Waals surface area contributed by atoms with Crippen LogP contribution in [0.25, 0.3) is 22.5 Å². The topological polar surface area (TPSA) is 152 Å². The Kier molecular flexibility index (Phi) is 6.33. The summed E-state index contributed by atoms with van der Waals surface area (Å²) in [7, 11) is 0. The first-order chi connectivity index (χ1) is 14.5. The third kappa shape index (κ3) is 4.26. The highest BCUT2D eigenvalue weighted by atomic mass is 32.2. The second kappa shape index (κ2) is 8.50. The number of pyridine rings is 2. The maximum atomic E-state index is 11.9. The van der Waals surface area contributed by atoms with E-state index in [1.54, 1.807) is 52.0 Å². The molecule has 3 aromatic rings. The largest absolute Gasteiger partial charge is 0.383 e. The molecule has 3 aromatic heterocycles. The number of nitrogen functional groups attached to an aromatic ring is 1. The van der Waals surface area contributed by atoms with Crippen LogP contribution in [0.3, 0.4) is 0 Å². The lowest BCUT2D eigenvalue weighted by Crippen LogP contribution is -2.26. The molecule has 0 aliphatic heterocycles. The molecule has 11 heteroatoms. The number of hydrogen-bond donors (Lipinski definition) is 3. The van der Waals surface area contributed by atoms with E-state index in [0.717, 1.165) is 0 Å². The Balaban J connectivity index is 2.15. The van der Waals surface area contributed by atoms with Crippen molar-refractivity contribution in [1.82, 2.24) is 19.9 Å². The van der Waals surface area contributed by atoms with Crippen LogP contribution in [0.2, 0.25) is 0 Å². The molecule has 31 heavy (non-hydrogen) atoms. The Morgan fingerprint density at radius 2 is 1.29 bits per heavy atom. The summed E-state index contributed by atoms with van der Waals surface area (Å²) >= 11 is -4.35. The molecule has 2 atom stereocenters. The van der Waals surface area contributed by atoms with Gasteiger partial charge in [-0.05, 0) is 45.9 Å². The van der Waals surface area contributed by atoms with E-state index >= 15 is 0 Å². The molecule has 0 radical (unpaired) electrons. The standard InChI is InChI=1S/C20H23N5O4S2/c1-19(2,30(26)27)15-12(7-5-9-22-15)14-11-24-18(25-17(14)21)13-8-6-10-23-16(13)20(3,4)31(28)29/h5-11H,1-4H3,(H,26,27)(H,28,29)(H2,21,24,25). The molecule has 3 heterocycles. The summed E-state index contributed by atoms with van der Waals surface area (Å²) in [6.45, 7) is 6.43. The minimum atomic E-state index is -2.18. The highest BCUT2D eigenvalue weighted by Crippen LogP contribution is 2.37. The number of aromatic nitrogens is 4. The monoisotopic (exact) mass is 461 g/mol. The maximum absolute atomic E-state index is 11.9. The van der Waals surface area contributed by atoms with Gasteiger partial charge in [0, 0.05) is 35.3 Å². The second-order valence-electron chi connectivity index (χ2n) is 7.81. The Morgan fingerprint density at radius 1 is 0.806 bits per heavy atom. The molecule has 0 aliphatic rings. The molecule has 9 nitrogen and oxygen atoms in total. The predicted octanol–water partition coefficient (Wildman–Crippen LogP) is 3.10. The fraction of sp³-hybridized carbons (Fsp3) is 0.300. The van der Waals surface area contributed by atoms with Crippen molar-refractivity contribution >= 4 is 28.0 Å². The summed E-state index contributed by atoms with van der Waals surface area (Å²) in [4.78, 5) is 17.4. The van der Waals surface area contributed by atoms with Gasteiger partial charge in [0.25, 0.3) is 0 Å². The zero-order chi connectivity index (χ0) is 23.0. The van der Waals surface area contributed by atoms with Gasteiger partial charge in [0.2, 0.25) is 0 Å². The Hall–Kier alpha value is -2.60. The molecule has 0 aliphatic carbocycles. The fourth-order valence-electron chi connectivity index (χ4n) is 3.07. The molecular formula is C20H23N5O4S2. The van der Waals surface area contributed by atoms with E-state index in [9.17, 15) is 17.5 Å². The Morgan fingerprint density at radius 3 is 1.77 bits per heavy atom. The molecule has 0 amide bonds. The van der Waals surface area contributed by atoms with Crippen LogP contribution in [-0.2, 0) is 31.7 Å². The number of nitrogens with zero attached hydrogens (tertiary/aromatic N) is 4. The quantitative estimate of drug-likeness (QED) is 0.470. The third-order valence-corrected chi connectivity index (χ3v) is 7.11. The van der Waals surface area contributed by atoms with Crippen molar-refractivity contribution in [2.75, 3.05) is 5.73 Å². The van der Waals surface area contributed by atoms with Crippen LogP contribution in [-0.4, -0.2) is 37.5 Å². The van der Waals surface area contributed by atoms with Crippen molar-refractivity contribution in [2.24, 2.45) is 0 Å². The average Bonchev–Trinajstić information content (AvgIpc) is 2.73. The van der Waals surface area contributed by atoms with E-state index in [2.05, 4.69) is 19.9 Å². The smallest absolute Gasteiger partial charge is 0.164 e. The zero-order valence-corrected chi connectivity index (χ0v) is 19.1. The number of nitrogens with two attached hydrogens (primary N) is 1. The van der Waals surface area contributed by atoms with Gasteiger partial charge in [-0.15, -0.1) is 0 Å². The number of anilines is 1. The van der Waals surface area contributed by atoms with Crippen molar-refractivity contribution in [3.63, 3.8) is 0 Å². The van der Waals surface area contributed by atoms with Crippen molar-refractivity contribution < 1.29 is 17.5 Å². The van der Waals surface area contributed by atoms with Gasteiger partial charge in [0.1, 0.15) is 15.3 Å². The van der Waals surface area contributed by atoms with E-state index in [0.29, 0.717) is 28.1 Å². The van der Waals surface area contributed by atoms with Gasteiger partial charge in [-0.1, -0.05) is 6.07 Å². The minimum absolute atomic E-state index is 0.136. The van der Waals surface area contributed by atoms with Gasteiger partial charge in [-0.25, -0.2) is 18.4 Å². The van der Waals surface area contributed by atoms with Gasteiger partial charge in [0.05, 0.1) is 11.4 Å². The van der Waals surface area contributed by atoms with Crippen LogP contribution in [0, 0.1) is 0 Å². The summed E-state index contributed by atoms with van der Waals surface area (Å²) in [6, 6.07) is 6.82. The van der Waals surface area contributed by atoms with E-state index in [-0.39, 0.29) is 11.6 Å². The lowest BCUT2D eigenvalue weighted by Gasteiger charge is -2.23. The first kappa shape index (κ1) is 23.1. The summed E-state index contributed by atoms with van der Waals surface area (Å²) in [5.74, 6) is 0.384. The van der Waals surface area contributed by atoms with Crippen LogP contribution < -0.4 is 5.73 Å². The van der Waals surface area contributed by atoms with Crippen molar-refractivity contribution in [1.29, 1.82) is 0 Å². The van der Waals surface area contributed by atoms with Crippen molar-refractivity contribution in [3.05, 3.63) is 54.2 Å². The highest BCUT2D eigenvalue weighted by Gasteiger charge is 2.34. The third-order valence-electron chi connectivity index (χ3n) is 4.98. The predicted molar refractivity (Wildman–Crippen MR) is 121 cm³/mol. The average molecular weight is 462 g/mol. The number of hydrogen-bond acceptors (Lipinski definition) is 7. The normalized spacial score (nSPS) is 14.3. The van der Waals surface area contributed by atoms with Crippen LogP contribution in [0.15, 0.2) is 42.9 Å². The first-order valence-corrected chi connectivity index (χ1v) is 11.5. The second-order valence-corrected chi connectivity index (χ2v) is 10.8. The molecule has 4 N–H and O–H groups in total. The Labute approximate surface area is 185 Å². The highest BCUT2D eigenvalue weighted by molar-refractivity contribution is 7.80. The van der Waals surface area contributed by atoms with Crippen molar-refractivity contribution in [3.8, 4) is 22.5 Å². The number of rotatable bonds is 6. The van der Waals surface area contributed by atoms with Crippen LogP contribution in [0.4, 0.5) is 5.82 Å². The Bertz CT molecular complexity index is 1180. The first-order valence-electron chi connectivity index (χ1n) is 9.24. The molecule has 0 saturated heterocycles. The molecule has 0 bridgehead atoms.